The molecule has 0 saturated heterocycles. The molecule has 0 atom stereocenters. The van der Waals surface area contributed by atoms with Gasteiger partial charge in [-0.1, -0.05) is 26.0 Å². The highest BCUT2D eigenvalue weighted by Gasteiger charge is 2.17. The number of H-pyrrole nitrogens is 1. The van der Waals surface area contributed by atoms with E-state index in [0.29, 0.717) is 11.7 Å². The number of ether oxygens (including phenoxy) is 1. The van der Waals surface area contributed by atoms with E-state index in [4.69, 9.17) is 10.5 Å². The molecule has 0 saturated carbocycles. The van der Waals surface area contributed by atoms with E-state index in [-0.39, 0.29) is 23.7 Å². The van der Waals surface area contributed by atoms with Crippen molar-refractivity contribution in [3.05, 3.63) is 46.5 Å². The maximum Gasteiger partial charge on any atom is 0.290 e. The number of nitrogens with one attached hydrogen (secondary N) is 1. The van der Waals surface area contributed by atoms with Gasteiger partial charge in [-0.05, 0) is 23.6 Å². The fourth-order valence-corrected chi connectivity index (χ4v) is 2.30. The number of aromatic nitrogens is 4. The number of nitrogens with two attached hydrogens (primary N) is 1. The highest BCUT2D eigenvalue weighted by Crippen LogP contribution is 2.18. The molecule has 0 fully saturated rings. The topological polar surface area (TPSA) is 116 Å². The standard InChI is InChI=1S/C16H17N5O3/c1-9(2)10-3-5-11(6-4-10)24-7-12(22)21-15(23)13-14(19-8-18-13)20-16(21)17/h3-6,8-9H,7H2,1-2H3,(H2,17,20)(H,18,19). The van der Waals surface area contributed by atoms with Crippen LogP contribution in [0.3, 0.4) is 0 Å². The van der Waals surface area contributed by atoms with Gasteiger partial charge >= 0.3 is 0 Å². The molecule has 0 aliphatic heterocycles. The first-order chi connectivity index (χ1) is 11.5. The van der Waals surface area contributed by atoms with Crippen molar-refractivity contribution in [2.45, 2.75) is 19.8 Å². The first-order valence-corrected chi connectivity index (χ1v) is 7.45. The van der Waals surface area contributed by atoms with Crippen molar-refractivity contribution in [2.24, 2.45) is 0 Å². The summed E-state index contributed by atoms with van der Waals surface area (Å²) in [5, 5.41) is 0. The average molecular weight is 327 g/mol. The van der Waals surface area contributed by atoms with E-state index in [9.17, 15) is 9.59 Å². The van der Waals surface area contributed by atoms with Crippen LogP contribution in [0.4, 0.5) is 5.95 Å². The molecular weight excluding hydrogens is 310 g/mol. The van der Waals surface area contributed by atoms with E-state index < -0.39 is 11.5 Å². The van der Waals surface area contributed by atoms with Gasteiger partial charge in [-0.25, -0.2) is 9.55 Å². The van der Waals surface area contributed by atoms with Crippen molar-refractivity contribution >= 4 is 23.0 Å². The molecule has 0 amide bonds. The largest absolute Gasteiger partial charge is 0.484 e. The average Bonchev–Trinajstić information content (AvgIpc) is 3.01. The summed E-state index contributed by atoms with van der Waals surface area (Å²) in [7, 11) is 0. The van der Waals surface area contributed by atoms with Crippen LogP contribution in [-0.2, 0) is 0 Å². The highest BCUT2D eigenvalue weighted by molar-refractivity contribution is 5.85. The predicted octanol–water partition coefficient (Wildman–Crippen LogP) is 1.54. The summed E-state index contributed by atoms with van der Waals surface area (Å²) in [6.45, 7) is 3.85. The number of hydrogen-bond acceptors (Lipinski definition) is 6. The number of imidazole rings is 1. The van der Waals surface area contributed by atoms with Crippen LogP contribution in [0.2, 0.25) is 0 Å². The summed E-state index contributed by atoms with van der Waals surface area (Å²) in [6.07, 6.45) is 1.32. The molecule has 8 heteroatoms. The molecule has 1 aromatic carbocycles. The number of aromatic amines is 1. The van der Waals surface area contributed by atoms with E-state index in [0.717, 1.165) is 4.57 Å². The zero-order valence-corrected chi connectivity index (χ0v) is 13.3. The Morgan fingerprint density at radius 3 is 2.71 bits per heavy atom. The lowest BCUT2D eigenvalue weighted by Gasteiger charge is -2.10. The fourth-order valence-electron chi connectivity index (χ4n) is 2.30. The Morgan fingerprint density at radius 1 is 1.33 bits per heavy atom. The molecule has 0 unspecified atom stereocenters. The number of nitrogens with zero attached hydrogens (tertiary/aromatic N) is 3. The third-order valence-corrected chi connectivity index (χ3v) is 3.64. The Labute approximate surface area is 137 Å². The van der Waals surface area contributed by atoms with Gasteiger partial charge in [-0.2, -0.15) is 4.98 Å². The number of rotatable bonds is 4. The van der Waals surface area contributed by atoms with Crippen molar-refractivity contribution in [3.8, 4) is 5.75 Å². The summed E-state index contributed by atoms with van der Waals surface area (Å²) >= 11 is 0. The van der Waals surface area contributed by atoms with Gasteiger partial charge in [0.25, 0.3) is 11.5 Å². The highest BCUT2D eigenvalue weighted by atomic mass is 16.5. The number of nitrogen functional groups attached to an aromatic ring is 1. The predicted molar refractivity (Wildman–Crippen MR) is 89.2 cm³/mol. The number of fused-ring (bicyclic) bond motifs is 1. The van der Waals surface area contributed by atoms with Gasteiger partial charge in [0.15, 0.2) is 17.8 Å². The van der Waals surface area contributed by atoms with E-state index >= 15 is 0 Å². The van der Waals surface area contributed by atoms with Crippen LogP contribution >= 0.6 is 0 Å². The molecule has 124 valence electrons. The first kappa shape index (κ1) is 15.7. The molecule has 8 nitrogen and oxygen atoms in total. The zero-order chi connectivity index (χ0) is 17.3. The van der Waals surface area contributed by atoms with E-state index in [1.807, 2.05) is 12.1 Å². The Bertz CT molecular complexity index is 940. The van der Waals surface area contributed by atoms with Crippen molar-refractivity contribution in [1.82, 2.24) is 19.5 Å². The second-order valence-corrected chi connectivity index (χ2v) is 5.62. The molecular formula is C16H17N5O3. The molecule has 3 aromatic rings. The normalized spacial score (nSPS) is 11.1. The number of anilines is 1. The molecule has 2 heterocycles. The summed E-state index contributed by atoms with van der Waals surface area (Å²) in [4.78, 5) is 35.0. The van der Waals surface area contributed by atoms with Crippen LogP contribution in [0.25, 0.3) is 11.2 Å². The number of benzene rings is 1. The smallest absolute Gasteiger partial charge is 0.290 e. The van der Waals surface area contributed by atoms with Gasteiger partial charge in [0.2, 0.25) is 5.95 Å². The van der Waals surface area contributed by atoms with Crippen molar-refractivity contribution in [1.29, 1.82) is 0 Å². The lowest BCUT2D eigenvalue weighted by molar-refractivity contribution is 0.0835. The number of carbonyl (C=O) groups is 1. The zero-order valence-electron chi connectivity index (χ0n) is 13.3. The Hall–Kier alpha value is -3.16. The molecule has 0 radical (unpaired) electrons. The molecule has 3 rings (SSSR count). The lowest BCUT2D eigenvalue weighted by Crippen LogP contribution is -2.33. The summed E-state index contributed by atoms with van der Waals surface area (Å²) < 4.78 is 6.21. The van der Waals surface area contributed by atoms with Gasteiger partial charge in [0.05, 0.1) is 6.33 Å². The Kier molecular flexibility index (Phi) is 4.03. The summed E-state index contributed by atoms with van der Waals surface area (Å²) in [5.74, 6) is 0.127. The van der Waals surface area contributed by atoms with Crippen LogP contribution in [-0.4, -0.2) is 32.0 Å². The van der Waals surface area contributed by atoms with Gasteiger partial charge in [0, 0.05) is 0 Å². The second kappa shape index (κ2) is 6.15. The molecule has 0 spiro atoms. The third kappa shape index (κ3) is 2.85. The van der Waals surface area contributed by atoms with Crippen LogP contribution in [0.5, 0.6) is 5.75 Å². The third-order valence-electron chi connectivity index (χ3n) is 3.64. The monoisotopic (exact) mass is 327 g/mol. The van der Waals surface area contributed by atoms with Crippen LogP contribution < -0.4 is 16.0 Å². The molecule has 24 heavy (non-hydrogen) atoms. The summed E-state index contributed by atoms with van der Waals surface area (Å²) in [5.41, 5.74) is 6.54. The minimum absolute atomic E-state index is 0.0545. The van der Waals surface area contributed by atoms with Gasteiger partial charge < -0.3 is 15.5 Å². The minimum atomic E-state index is -0.623. The molecule has 3 N–H and O–H groups in total. The van der Waals surface area contributed by atoms with Crippen LogP contribution in [0.1, 0.15) is 30.1 Å². The molecule has 0 aliphatic carbocycles. The van der Waals surface area contributed by atoms with E-state index in [1.165, 1.54) is 11.9 Å². The molecule has 0 bridgehead atoms. The SMILES string of the molecule is CC(C)c1ccc(OCC(=O)n2c(N)nc3[nH]cnc3c2=O)cc1. The van der Waals surface area contributed by atoms with Crippen molar-refractivity contribution < 1.29 is 9.53 Å². The maximum atomic E-state index is 12.3. The summed E-state index contributed by atoms with van der Waals surface area (Å²) in [6, 6.07) is 7.43. The Morgan fingerprint density at radius 2 is 2.04 bits per heavy atom. The van der Waals surface area contributed by atoms with Crippen LogP contribution in [0, 0.1) is 0 Å². The van der Waals surface area contributed by atoms with E-state index in [1.54, 1.807) is 12.1 Å². The van der Waals surface area contributed by atoms with Gasteiger partial charge in [-0.3, -0.25) is 9.59 Å². The molecule has 2 aromatic heterocycles. The first-order valence-electron chi connectivity index (χ1n) is 7.45. The van der Waals surface area contributed by atoms with Crippen molar-refractivity contribution in [2.75, 3.05) is 12.3 Å². The Balaban J connectivity index is 1.79. The molecule has 0 aliphatic rings. The lowest BCUT2D eigenvalue weighted by atomic mass is 10.0. The maximum absolute atomic E-state index is 12.3. The number of carbonyl (C=O) groups excluding carboxylic acids is 1. The quantitative estimate of drug-likeness (QED) is 0.751. The van der Waals surface area contributed by atoms with Crippen LogP contribution in [0.15, 0.2) is 35.4 Å². The minimum Gasteiger partial charge on any atom is -0.484 e. The van der Waals surface area contributed by atoms with Crippen molar-refractivity contribution in [3.63, 3.8) is 0 Å². The fraction of sp³-hybridized carbons (Fsp3) is 0.250. The van der Waals surface area contributed by atoms with Gasteiger partial charge in [-0.15, -0.1) is 0 Å². The van der Waals surface area contributed by atoms with E-state index in [2.05, 4.69) is 28.8 Å². The second-order valence-electron chi connectivity index (χ2n) is 5.62. The number of hydrogen-bond donors (Lipinski definition) is 2. The van der Waals surface area contributed by atoms with Gasteiger partial charge in [0.1, 0.15) is 5.75 Å².